The molecular formula is C19H23ClN4O. The van der Waals surface area contributed by atoms with E-state index < -0.39 is 0 Å². The van der Waals surface area contributed by atoms with Crippen LogP contribution in [0.4, 0.5) is 5.82 Å². The summed E-state index contributed by atoms with van der Waals surface area (Å²) in [6.07, 6.45) is 1.88. The van der Waals surface area contributed by atoms with Gasteiger partial charge in [-0.05, 0) is 23.6 Å². The molecule has 2 aliphatic rings. The highest BCUT2D eigenvalue weighted by Gasteiger charge is 2.24. The normalized spacial score (nSPS) is 18.7. The van der Waals surface area contributed by atoms with E-state index in [1.807, 2.05) is 0 Å². The molecule has 2 aromatic rings. The molecule has 1 aromatic heterocycles. The number of rotatable bonds is 3. The van der Waals surface area contributed by atoms with Crippen LogP contribution in [0.2, 0.25) is 5.28 Å². The molecule has 0 atom stereocenters. The average Bonchev–Trinajstić information content (AvgIpc) is 2.85. The number of halogens is 1. The fourth-order valence-electron chi connectivity index (χ4n) is 3.63. The van der Waals surface area contributed by atoms with Gasteiger partial charge in [-0.3, -0.25) is 4.90 Å². The zero-order valence-corrected chi connectivity index (χ0v) is 15.1. The second-order valence-electron chi connectivity index (χ2n) is 6.60. The van der Waals surface area contributed by atoms with Gasteiger partial charge in [-0.2, -0.15) is 0 Å². The van der Waals surface area contributed by atoms with Crippen LogP contribution in [0.15, 0.2) is 30.3 Å². The Balaban J connectivity index is 1.54. The van der Waals surface area contributed by atoms with Crippen LogP contribution < -0.4 is 4.90 Å². The van der Waals surface area contributed by atoms with Gasteiger partial charge in [-0.15, -0.1) is 0 Å². The lowest BCUT2D eigenvalue weighted by atomic mass is 10.1. The second kappa shape index (κ2) is 7.68. The first kappa shape index (κ1) is 16.8. The maximum absolute atomic E-state index is 6.23. The van der Waals surface area contributed by atoms with Gasteiger partial charge in [0, 0.05) is 44.7 Å². The molecule has 0 spiro atoms. The number of hydrogen-bond donors (Lipinski definition) is 0. The molecule has 3 heterocycles. The first-order valence-corrected chi connectivity index (χ1v) is 9.31. The van der Waals surface area contributed by atoms with Crippen LogP contribution in [0.1, 0.15) is 16.8 Å². The topological polar surface area (TPSA) is 41.5 Å². The highest BCUT2D eigenvalue weighted by atomic mass is 35.5. The Morgan fingerprint density at radius 2 is 1.72 bits per heavy atom. The number of ether oxygens (including phenoxy) is 1. The summed E-state index contributed by atoms with van der Waals surface area (Å²) in [4.78, 5) is 13.9. The standard InChI is InChI=1S/C19H23ClN4O/c20-19-21-17-7-9-23(14-15-4-2-1-3-5-15)8-6-16(17)18(22-19)24-10-12-25-13-11-24/h1-5H,6-14H2. The van der Waals surface area contributed by atoms with Gasteiger partial charge in [0.15, 0.2) is 0 Å². The van der Waals surface area contributed by atoms with Crippen LogP contribution in [-0.2, 0) is 24.1 Å². The summed E-state index contributed by atoms with van der Waals surface area (Å²) in [6.45, 7) is 6.22. The molecule has 0 saturated carbocycles. The summed E-state index contributed by atoms with van der Waals surface area (Å²) in [6, 6.07) is 10.6. The van der Waals surface area contributed by atoms with Gasteiger partial charge in [0.2, 0.25) is 5.28 Å². The zero-order chi connectivity index (χ0) is 17.1. The monoisotopic (exact) mass is 358 g/mol. The van der Waals surface area contributed by atoms with E-state index in [0.717, 1.165) is 70.3 Å². The van der Waals surface area contributed by atoms with Crippen LogP contribution >= 0.6 is 11.6 Å². The van der Waals surface area contributed by atoms with Gasteiger partial charge in [0.1, 0.15) is 5.82 Å². The fraction of sp³-hybridized carbons (Fsp3) is 0.474. The molecule has 0 radical (unpaired) electrons. The maximum atomic E-state index is 6.23. The Labute approximate surface area is 153 Å². The molecule has 2 aliphatic heterocycles. The average molecular weight is 359 g/mol. The van der Waals surface area contributed by atoms with Crippen LogP contribution in [0, 0.1) is 0 Å². The summed E-state index contributed by atoms with van der Waals surface area (Å²) >= 11 is 6.23. The van der Waals surface area contributed by atoms with Crippen LogP contribution in [0.3, 0.4) is 0 Å². The summed E-state index contributed by atoms with van der Waals surface area (Å²) < 4.78 is 5.48. The number of benzene rings is 1. The number of anilines is 1. The molecule has 1 aromatic carbocycles. The predicted octanol–water partition coefficient (Wildman–Crippen LogP) is 2.57. The Bertz CT molecular complexity index is 719. The second-order valence-corrected chi connectivity index (χ2v) is 6.94. The van der Waals surface area contributed by atoms with E-state index in [0.29, 0.717) is 5.28 Å². The highest BCUT2D eigenvalue weighted by molar-refractivity contribution is 6.28. The Hall–Kier alpha value is -1.69. The van der Waals surface area contributed by atoms with E-state index in [1.54, 1.807) is 0 Å². The van der Waals surface area contributed by atoms with Crippen LogP contribution in [0.5, 0.6) is 0 Å². The molecule has 0 bridgehead atoms. The molecule has 5 nitrogen and oxygen atoms in total. The number of nitrogens with zero attached hydrogens (tertiary/aromatic N) is 4. The molecule has 0 aliphatic carbocycles. The molecule has 6 heteroatoms. The molecule has 4 rings (SSSR count). The number of fused-ring (bicyclic) bond motifs is 1. The lowest BCUT2D eigenvalue weighted by Gasteiger charge is -2.30. The molecule has 132 valence electrons. The van der Waals surface area contributed by atoms with Gasteiger partial charge in [-0.25, -0.2) is 9.97 Å². The summed E-state index contributed by atoms with van der Waals surface area (Å²) in [5.41, 5.74) is 3.73. The summed E-state index contributed by atoms with van der Waals surface area (Å²) in [5.74, 6) is 1.01. The molecule has 0 N–H and O–H groups in total. The van der Waals surface area contributed by atoms with Crippen molar-refractivity contribution in [2.24, 2.45) is 0 Å². The highest BCUT2D eigenvalue weighted by Crippen LogP contribution is 2.27. The van der Waals surface area contributed by atoms with Crippen molar-refractivity contribution in [2.45, 2.75) is 19.4 Å². The fourth-order valence-corrected chi connectivity index (χ4v) is 3.81. The smallest absolute Gasteiger partial charge is 0.224 e. The third-order valence-electron chi connectivity index (χ3n) is 4.95. The van der Waals surface area contributed by atoms with Crippen LogP contribution in [-0.4, -0.2) is 54.3 Å². The van der Waals surface area contributed by atoms with Crippen molar-refractivity contribution in [3.63, 3.8) is 0 Å². The SMILES string of the molecule is Clc1nc2c(c(N3CCOCC3)n1)CCN(Cc1ccccc1)CC2. The van der Waals surface area contributed by atoms with E-state index in [-0.39, 0.29) is 0 Å². The lowest BCUT2D eigenvalue weighted by Crippen LogP contribution is -2.37. The van der Waals surface area contributed by atoms with Crippen molar-refractivity contribution >= 4 is 17.4 Å². The first-order valence-electron chi connectivity index (χ1n) is 8.94. The van der Waals surface area contributed by atoms with Crippen molar-refractivity contribution in [3.8, 4) is 0 Å². The van der Waals surface area contributed by atoms with Crippen molar-refractivity contribution in [1.29, 1.82) is 0 Å². The van der Waals surface area contributed by atoms with E-state index in [9.17, 15) is 0 Å². The van der Waals surface area contributed by atoms with E-state index in [4.69, 9.17) is 16.3 Å². The third-order valence-corrected chi connectivity index (χ3v) is 5.12. The minimum atomic E-state index is 0.358. The molecule has 25 heavy (non-hydrogen) atoms. The van der Waals surface area contributed by atoms with Gasteiger partial charge < -0.3 is 9.64 Å². The van der Waals surface area contributed by atoms with Crippen molar-refractivity contribution in [2.75, 3.05) is 44.3 Å². The van der Waals surface area contributed by atoms with Crippen molar-refractivity contribution in [1.82, 2.24) is 14.9 Å². The minimum absolute atomic E-state index is 0.358. The van der Waals surface area contributed by atoms with Gasteiger partial charge in [0.05, 0.1) is 18.9 Å². The minimum Gasteiger partial charge on any atom is -0.378 e. The molecule has 0 amide bonds. The van der Waals surface area contributed by atoms with E-state index in [1.165, 1.54) is 11.1 Å². The first-order chi connectivity index (χ1) is 12.3. The van der Waals surface area contributed by atoms with Crippen molar-refractivity contribution in [3.05, 3.63) is 52.4 Å². The number of hydrogen-bond acceptors (Lipinski definition) is 5. The molecule has 1 saturated heterocycles. The Kier molecular flexibility index (Phi) is 5.15. The largest absolute Gasteiger partial charge is 0.378 e. The Morgan fingerprint density at radius 3 is 2.52 bits per heavy atom. The van der Waals surface area contributed by atoms with E-state index in [2.05, 4.69) is 50.1 Å². The summed E-state index contributed by atoms with van der Waals surface area (Å²) in [5, 5.41) is 0.358. The van der Waals surface area contributed by atoms with E-state index >= 15 is 0 Å². The number of morpholine rings is 1. The lowest BCUT2D eigenvalue weighted by molar-refractivity contribution is 0.122. The van der Waals surface area contributed by atoms with Crippen molar-refractivity contribution < 1.29 is 4.74 Å². The third kappa shape index (κ3) is 3.94. The quantitative estimate of drug-likeness (QED) is 0.789. The Morgan fingerprint density at radius 1 is 0.960 bits per heavy atom. The zero-order valence-electron chi connectivity index (χ0n) is 14.3. The molecule has 1 fully saturated rings. The van der Waals surface area contributed by atoms with Crippen LogP contribution in [0.25, 0.3) is 0 Å². The molecular weight excluding hydrogens is 336 g/mol. The van der Waals surface area contributed by atoms with Gasteiger partial charge in [0.25, 0.3) is 0 Å². The van der Waals surface area contributed by atoms with Gasteiger partial charge >= 0.3 is 0 Å². The summed E-state index contributed by atoms with van der Waals surface area (Å²) in [7, 11) is 0. The number of aromatic nitrogens is 2. The predicted molar refractivity (Wildman–Crippen MR) is 99.2 cm³/mol. The molecule has 0 unspecified atom stereocenters. The van der Waals surface area contributed by atoms with Gasteiger partial charge in [-0.1, -0.05) is 30.3 Å². The maximum Gasteiger partial charge on any atom is 0.224 e.